The summed E-state index contributed by atoms with van der Waals surface area (Å²) >= 11 is 1.53. The molecule has 0 spiro atoms. The molecular weight excluding hydrogens is 288 g/mol. The van der Waals surface area contributed by atoms with Crippen molar-refractivity contribution < 1.29 is 4.79 Å². The first-order valence-electron chi connectivity index (χ1n) is 7.03. The zero-order valence-corrected chi connectivity index (χ0v) is 12.9. The van der Waals surface area contributed by atoms with Crippen LogP contribution in [0.15, 0.2) is 4.79 Å². The van der Waals surface area contributed by atoms with Gasteiger partial charge in [0.1, 0.15) is 10.7 Å². The normalized spacial score (nSPS) is 14.6. The summed E-state index contributed by atoms with van der Waals surface area (Å²) in [7, 11) is 0. The molecule has 0 aromatic carbocycles. The quantitative estimate of drug-likeness (QED) is 0.768. The van der Waals surface area contributed by atoms with Crippen molar-refractivity contribution in [3.8, 4) is 0 Å². The fourth-order valence-electron chi connectivity index (χ4n) is 2.18. The maximum Gasteiger partial charge on any atom is 0.259 e. The first-order valence-corrected chi connectivity index (χ1v) is 7.85. The second kappa shape index (κ2) is 5.57. The number of H-pyrrole nitrogens is 1. The number of nitrogens with zero attached hydrogens (tertiary/aromatic N) is 1. The van der Waals surface area contributed by atoms with Crippen LogP contribution in [-0.2, 0) is 11.3 Å². The molecule has 0 saturated heterocycles. The maximum absolute atomic E-state index is 12.1. The van der Waals surface area contributed by atoms with E-state index in [0.29, 0.717) is 23.8 Å². The lowest BCUT2D eigenvalue weighted by Crippen LogP contribution is -2.35. The van der Waals surface area contributed by atoms with Crippen LogP contribution < -0.4 is 16.2 Å². The van der Waals surface area contributed by atoms with Gasteiger partial charge in [0.2, 0.25) is 5.91 Å². The van der Waals surface area contributed by atoms with Gasteiger partial charge in [-0.2, -0.15) is 0 Å². The van der Waals surface area contributed by atoms with Gasteiger partial charge in [0.25, 0.3) is 5.56 Å². The minimum Gasteiger partial charge on any atom is -0.352 e. The van der Waals surface area contributed by atoms with Crippen molar-refractivity contribution in [1.29, 1.82) is 0 Å². The molecule has 6 nitrogen and oxygen atoms in total. The third-order valence-electron chi connectivity index (χ3n) is 3.61. The van der Waals surface area contributed by atoms with Crippen LogP contribution in [0.25, 0.3) is 10.2 Å². The van der Waals surface area contributed by atoms with Crippen LogP contribution in [0.1, 0.15) is 29.1 Å². The van der Waals surface area contributed by atoms with Gasteiger partial charge in [-0.25, -0.2) is 4.98 Å². The van der Waals surface area contributed by atoms with Crippen molar-refractivity contribution in [3.63, 3.8) is 0 Å². The molecular formula is C14H18N4O2S. The molecule has 0 radical (unpaired) electrons. The van der Waals surface area contributed by atoms with Crippen molar-refractivity contribution in [2.45, 2.75) is 39.3 Å². The predicted molar refractivity (Wildman–Crippen MR) is 82.6 cm³/mol. The van der Waals surface area contributed by atoms with E-state index in [0.717, 1.165) is 28.1 Å². The summed E-state index contributed by atoms with van der Waals surface area (Å²) in [4.78, 5) is 32.7. The number of aromatic nitrogens is 2. The lowest BCUT2D eigenvalue weighted by Gasteiger charge is -2.05. The Morgan fingerprint density at radius 3 is 2.90 bits per heavy atom. The lowest BCUT2D eigenvalue weighted by atomic mass is 10.2. The zero-order chi connectivity index (χ0) is 15.0. The van der Waals surface area contributed by atoms with E-state index in [2.05, 4.69) is 20.6 Å². The molecule has 2 aromatic rings. The summed E-state index contributed by atoms with van der Waals surface area (Å²) in [6, 6.07) is 0.366. The van der Waals surface area contributed by atoms with Crippen LogP contribution in [0.3, 0.4) is 0 Å². The summed E-state index contributed by atoms with van der Waals surface area (Å²) in [5.74, 6) is 0.553. The molecule has 1 aliphatic rings. The third-order valence-corrected chi connectivity index (χ3v) is 4.71. The van der Waals surface area contributed by atoms with E-state index in [1.807, 2.05) is 13.8 Å². The lowest BCUT2D eigenvalue weighted by molar-refractivity contribution is -0.120. The van der Waals surface area contributed by atoms with Crippen molar-refractivity contribution in [2.24, 2.45) is 0 Å². The SMILES string of the molecule is Cc1sc2nc(CNCC(=O)NC3CC3)[nH]c(=O)c2c1C. The third kappa shape index (κ3) is 3.14. The monoisotopic (exact) mass is 306 g/mol. The molecule has 1 saturated carbocycles. The summed E-state index contributed by atoms with van der Waals surface area (Å²) in [6.45, 7) is 4.53. The molecule has 1 amide bonds. The largest absolute Gasteiger partial charge is 0.352 e. The van der Waals surface area contributed by atoms with Gasteiger partial charge in [-0.15, -0.1) is 11.3 Å². The summed E-state index contributed by atoms with van der Waals surface area (Å²) in [5.41, 5.74) is 0.883. The van der Waals surface area contributed by atoms with Crippen LogP contribution in [-0.4, -0.2) is 28.5 Å². The fourth-order valence-corrected chi connectivity index (χ4v) is 3.23. The Bertz CT molecular complexity index is 745. The van der Waals surface area contributed by atoms with Crippen LogP contribution in [0.4, 0.5) is 0 Å². The Morgan fingerprint density at radius 1 is 1.43 bits per heavy atom. The Kier molecular flexibility index (Phi) is 3.77. The molecule has 0 unspecified atom stereocenters. The van der Waals surface area contributed by atoms with Gasteiger partial charge >= 0.3 is 0 Å². The second-order valence-electron chi connectivity index (χ2n) is 5.42. The molecule has 112 valence electrons. The van der Waals surface area contributed by atoms with Gasteiger partial charge in [-0.1, -0.05) is 0 Å². The molecule has 1 fully saturated rings. The van der Waals surface area contributed by atoms with E-state index >= 15 is 0 Å². The number of carbonyl (C=O) groups excluding carboxylic acids is 1. The molecule has 0 atom stereocenters. The predicted octanol–water partition coefficient (Wildman–Crippen LogP) is 0.970. The minimum atomic E-state index is -0.110. The highest BCUT2D eigenvalue weighted by molar-refractivity contribution is 7.18. The van der Waals surface area contributed by atoms with Gasteiger partial charge in [-0.05, 0) is 32.3 Å². The van der Waals surface area contributed by atoms with E-state index in [1.54, 1.807) is 0 Å². The van der Waals surface area contributed by atoms with Gasteiger partial charge in [0.15, 0.2) is 0 Å². The Hall–Kier alpha value is -1.73. The zero-order valence-electron chi connectivity index (χ0n) is 12.1. The first-order chi connectivity index (χ1) is 10.0. The highest BCUT2D eigenvalue weighted by atomic mass is 32.1. The smallest absolute Gasteiger partial charge is 0.259 e. The number of carbonyl (C=O) groups is 1. The first kappa shape index (κ1) is 14.2. The number of fused-ring (bicyclic) bond motifs is 1. The molecule has 21 heavy (non-hydrogen) atoms. The van der Waals surface area contributed by atoms with Crippen LogP contribution >= 0.6 is 11.3 Å². The number of aromatic amines is 1. The number of hydrogen-bond donors (Lipinski definition) is 3. The fraction of sp³-hybridized carbons (Fsp3) is 0.500. The second-order valence-corrected chi connectivity index (χ2v) is 6.62. The Balaban J connectivity index is 1.66. The molecule has 3 rings (SSSR count). The standard InChI is InChI=1S/C14H18N4O2S/c1-7-8(2)21-14-12(7)13(20)17-10(18-14)5-15-6-11(19)16-9-3-4-9/h9,15H,3-6H2,1-2H3,(H,16,19)(H,17,18,20). The Morgan fingerprint density at radius 2 is 2.19 bits per heavy atom. The molecule has 1 aliphatic carbocycles. The topological polar surface area (TPSA) is 86.9 Å². The van der Waals surface area contributed by atoms with Crippen molar-refractivity contribution in [3.05, 3.63) is 26.6 Å². The van der Waals surface area contributed by atoms with E-state index in [-0.39, 0.29) is 18.0 Å². The molecule has 2 heterocycles. The van der Waals surface area contributed by atoms with Crippen molar-refractivity contribution in [2.75, 3.05) is 6.54 Å². The van der Waals surface area contributed by atoms with E-state index in [1.165, 1.54) is 11.3 Å². The van der Waals surface area contributed by atoms with Gasteiger partial charge < -0.3 is 15.6 Å². The maximum atomic E-state index is 12.1. The number of hydrogen-bond acceptors (Lipinski definition) is 5. The van der Waals surface area contributed by atoms with Crippen LogP contribution in [0, 0.1) is 13.8 Å². The van der Waals surface area contributed by atoms with Crippen molar-refractivity contribution >= 4 is 27.5 Å². The van der Waals surface area contributed by atoms with E-state index in [9.17, 15) is 9.59 Å². The molecule has 0 aliphatic heterocycles. The number of rotatable bonds is 5. The van der Waals surface area contributed by atoms with Gasteiger partial charge in [0, 0.05) is 10.9 Å². The number of nitrogens with one attached hydrogen (secondary N) is 3. The average Bonchev–Trinajstić information content (AvgIpc) is 3.16. The molecule has 3 N–H and O–H groups in total. The minimum absolute atomic E-state index is 0.0104. The van der Waals surface area contributed by atoms with E-state index < -0.39 is 0 Å². The van der Waals surface area contributed by atoms with E-state index in [4.69, 9.17) is 0 Å². The number of amides is 1. The summed E-state index contributed by atoms with van der Waals surface area (Å²) in [6.07, 6.45) is 2.16. The Labute approximate surface area is 126 Å². The highest BCUT2D eigenvalue weighted by Gasteiger charge is 2.22. The number of thiophene rings is 1. The summed E-state index contributed by atoms with van der Waals surface area (Å²) in [5, 5.41) is 6.58. The van der Waals surface area contributed by atoms with Gasteiger partial charge in [-0.3, -0.25) is 9.59 Å². The highest BCUT2D eigenvalue weighted by Crippen LogP contribution is 2.25. The summed E-state index contributed by atoms with van der Waals surface area (Å²) < 4.78 is 0. The van der Waals surface area contributed by atoms with Crippen molar-refractivity contribution in [1.82, 2.24) is 20.6 Å². The van der Waals surface area contributed by atoms with Crippen LogP contribution in [0.2, 0.25) is 0 Å². The number of aryl methyl sites for hydroxylation is 2. The molecule has 0 bridgehead atoms. The molecule has 7 heteroatoms. The van der Waals surface area contributed by atoms with Crippen LogP contribution in [0.5, 0.6) is 0 Å². The molecule has 2 aromatic heterocycles. The van der Waals surface area contributed by atoms with Gasteiger partial charge in [0.05, 0.1) is 18.5 Å². The average molecular weight is 306 g/mol.